The van der Waals surface area contributed by atoms with E-state index in [1.807, 2.05) is 20.8 Å². The number of carboxylic acids is 1. The van der Waals surface area contributed by atoms with E-state index in [4.69, 9.17) is 5.11 Å². The number of carboxylic acid groups (broad SMARTS) is 1. The number of hydrogen-bond acceptors (Lipinski definition) is 5. The number of rotatable bonds is 4. The van der Waals surface area contributed by atoms with Crippen LogP contribution in [-0.2, 0) is 20.8 Å². The second-order valence-corrected chi connectivity index (χ2v) is 7.55. The number of anilines is 1. The molecule has 1 aliphatic heterocycles. The topological polar surface area (TPSA) is 99.6 Å². The van der Waals surface area contributed by atoms with E-state index in [0.29, 0.717) is 23.8 Å². The minimum Gasteiger partial charge on any atom is -0.481 e. The number of aromatic nitrogens is 1. The van der Waals surface area contributed by atoms with Crippen molar-refractivity contribution in [1.29, 1.82) is 0 Å². The Kier molecular flexibility index (Phi) is 5.03. The first kappa shape index (κ1) is 17.4. The average Bonchev–Trinajstić information content (AvgIpc) is 3.06. The van der Waals surface area contributed by atoms with Crippen molar-refractivity contribution in [3.63, 3.8) is 0 Å². The third-order valence-corrected chi connectivity index (χ3v) is 4.48. The van der Waals surface area contributed by atoms with Gasteiger partial charge >= 0.3 is 5.97 Å². The maximum absolute atomic E-state index is 12.2. The van der Waals surface area contributed by atoms with E-state index < -0.39 is 17.3 Å². The van der Waals surface area contributed by atoms with Gasteiger partial charge < -0.3 is 15.3 Å². The molecule has 1 atom stereocenters. The molecule has 1 fully saturated rings. The lowest BCUT2D eigenvalue weighted by molar-refractivity contribution is -0.141. The third kappa shape index (κ3) is 4.51. The molecule has 1 aromatic heterocycles. The summed E-state index contributed by atoms with van der Waals surface area (Å²) in [6, 6.07) is 0. The summed E-state index contributed by atoms with van der Waals surface area (Å²) in [7, 11) is 0. The molecule has 0 bridgehead atoms. The van der Waals surface area contributed by atoms with Crippen LogP contribution in [0.25, 0.3) is 0 Å². The van der Waals surface area contributed by atoms with Gasteiger partial charge in [0.2, 0.25) is 11.8 Å². The molecular formula is C15H21N3O4S. The van der Waals surface area contributed by atoms with Crippen LogP contribution in [0.2, 0.25) is 0 Å². The van der Waals surface area contributed by atoms with Gasteiger partial charge in [0.15, 0.2) is 5.13 Å². The normalized spacial score (nSPS) is 18.0. The standard InChI is InChI=1S/C15H21N3O4S/c1-15(2,3)13(22)17-14-16-10(8-23-14)6-11(19)18-5-4-9(7-18)12(20)21/h8-9H,4-7H2,1-3H3,(H,20,21)(H,16,17,22). The molecular weight excluding hydrogens is 318 g/mol. The molecule has 0 saturated carbocycles. The lowest BCUT2D eigenvalue weighted by Gasteiger charge is -2.16. The van der Waals surface area contributed by atoms with Gasteiger partial charge in [-0.15, -0.1) is 11.3 Å². The minimum atomic E-state index is -0.860. The Morgan fingerprint density at radius 1 is 1.43 bits per heavy atom. The number of amides is 2. The van der Waals surface area contributed by atoms with Crippen LogP contribution in [0.1, 0.15) is 32.9 Å². The molecule has 2 rings (SSSR count). The Morgan fingerprint density at radius 3 is 2.70 bits per heavy atom. The van der Waals surface area contributed by atoms with E-state index >= 15 is 0 Å². The number of nitrogens with one attached hydrogen (secondary N) is 1. The summed E-state index contributed by atoms with van der Waals surface area (Å²) in [5, 5.41) is 13.9. The number of thiazole rings is 1. The van der Waals surface area contributed by atoms with E-state index in [1.165, 1.54) is 11.3 Å². The zero-order valence-corrected chi connectivity index (χ0v) is 14.3. The molecule has 2 amide bonds. The van der Waals surface area contributed by atoms with Crippen molar-refractivity contribution < 1.29 is 19.5 Å². The quantitative estimate of drug-likeness (QED) is 0.868. The van der Waals surface area contributed by atoms with Gasteiger partial charge in [-0.1, -0.05) is 20.8 Å². The smallest absolute Gasteiger partial charge is 0.308 e. The highest BCUT2D eigenvalue weighted by Crippen LogP contribution is 2.22. The summed E-state index contributed by atoms with van der Waals surface area (Å²) in [5.74, 6) is -1.60. The molecule has 7 nitrogen and oxygen atoms in total. The number of aliphatic carboxylic acids is 1. The second kappa shape index (κ2) is 6.66. The molecule has 126 valence electrons. The van der Waals surface area contributed by atoms with Crippen LogP contribution < -0.4 is 5.32 Å². The van der Waals surface area contributed by atoms with E-state index in [0.717, 1.165) is 0 Å². The zero-order chi connectivity index (χ0) is 17.2. The van der Waals surface area contributed by atoms with Crippen molar-refractivity contribution in [3.05, 3.63) is 11.1 Å². The molecule has 2 heterocycles. The van der Waals surface area contributed by atoms with Gasteiger partial charge in [0.05, 0.1) is 18.0 Å². The molecule has 8 heteroatoms. The largest absolute Gasteiger partial charge is 0.481 e. The van der Waals surface area contributed by atoms with Crippen LogP contribution in [-0.4, -0.2) is 45.9 Å². The van der Waals surface area contributed by atoms with Gasteiger partial charge in [-0.05, 0) is 6.42 Å². The Morgan fingerprint density at radius 2 is 2.13 bits per heavy atom. The summed E-state index contributed by atoms with van der Waals surface area (Å²) in [4.78, 5) is 40.8. The molecule has 0 spiro atoms. The predicted molar refractivity (Wildman–Crippen MR) is 86.2 cm³/mol. The van der Waals surface area contributed by atoms with E-state index in [9.17, 15) is 14.4 Å². The van der Waals surface area contributed by atoms with Crippen molar-refractivity contribution in [3.8, 4) is 0 Å². The van der Waals surface area contributed by atoms with E-state index in [-0.39, 0.29) is 24.8 Å². The summed E-state index contributed by atoms with van der Waals surface area (Å²) >= 11 is 1.28. The van der Waals surface area contributed by atoms with Gasteiger partial charge in [-0.25, -0.2) is 4.98 Å². The maximum atomic E-state index is 12.2. The van der Waals surface area contributed by atoms with Crippen molar-refractivity contribution in [1.82, 2.24) is 9.88 Å². The predicted octanol–water partition coefficient (Wildman–Crippen LogP) is 1.60. The van der Waals surface area contributed by atoms with Crippen LogP contribution in [0, 0.1) is 11.3 Å². The van der Waals surface area contributed by atoms with Gasteiger partial charge in [-0.3, -0.25) is 14.4 Å². The third-order valence-electron chi connectivity index (χ3n) is 3.68. The van der Waals surface area contributed by atoms with E-state index in [1.54, 1.807) is 10.3 Å². The molecule has 0 aliphatic carbocycles. The zero-order valence-electron chi connectivity index (χ0n) is 13.5. The first-order valence-electron chi connectivity index (χ1n) is 7.43. The Labute approximate surface area is 138 Å². The summed E-state index contributed by atoms with van der Waals surface area (Å²) in [6.07, 6.45) is 0.610. The molecule has 23 heavy (non-hydrogen) atoms. The first-order valence-corrected chi connectivity index (χ1v) is 8.31. The fourth-order valence-electron chi connectivity index (χ4n) is 2.19. The lowest BCUT2D eigenvalue weighted by Crippen LogP contribution is -2.31. The summed E-state index contributed by atoms with van der Waals surface area (Å²) < 4.78 is 0. The maximum Gasteiger partial charge on any atom is 0.308 e. The van der Waals surface area contributed by atoms with Gasteiger partial charge in [0.25, 0.3) is 0 Å². The lowest BCUT2D eigenvalue weighted by atomic mass is 9.96. The van der Waals surface area contributed by atoms with Crippen molar-refractivity contribution in [2.24, 2.45) is 11.3 Å². The number of nitrogens with zero attached hydrogens (tertiary/aromatic N) is 2. The monoisotopic (exact) mass is 339 g/mol. The highest BCUT2D eigenvalue weighted by Gasteiger charge is 2.31. The van der Waals surface area contributed by atoms with Crippen LogP contribution in [0.4, 0.5) is 5.13 Å². The number of carbonyl (C=O) groups is 3. The molecule has 2 N–H and O–H groups in total. The van der Waals surface area contributed by atoms with Gasteiger partial charge in [0, 0.05) is 23.9 Å². The fourth-order valence-corrected chi connectivity index (χ4v) is 2.89. The molecule has 0 aromatic carbocycles. The molecule has 1 aliphatic rings. The number of likely N-dealkylation sites (tertiary alicyclic amines) is 1. The first-order chi connectivity index (χ1) is 10.7. The molecule has 1 unspecified atom stereocenters. The fraction of sp³-hybridized carbons (Fsp3) is 0.600. The Hall–Kier alpha value is -1.96. The summed E-state index contributed by atoms with van der Waals surface area (Å²) in [6.45, 7) is 6.16. The molecule has 1 saturated heterocycles. The second-order valence-electron chi connectivity index (χ2n) is 6.69. The van der Waals surface area contributed by atoms with Crippen LogP contribution >= 0.6 is 11.3 Å². The minimum absolute atomic E-state index is 0.119. The van der Waals surface area contributed by atoms with E-state index in [2.05, 4.69) is 10.3 Å². The highest BCUT2D eigenvalue weighted by molar-refractivity contribution is 7.13. The van der Waals surface area contributed by atoms with Gasteiger partial charge in [-0.2, -0.15) is 0 Å². The van der Waals surface area contributed by atoms with Crippen molar-refractivity contribution in [2.75, 3.05) is 18.4 Å². The van der Waals surface area contributed by atoms with Crippen molar-refractivity contribution in [2.45, 2.75) is 33.6 Å². The SMILES string of the molecule is CC(C)(C)C(=O)Nc1nc(CC(=O)N2CCC(C(=O)O)C2)cs1. The summed E-state index contributed by atoms with van der Waals surface area (Å²) in [5.41, 5.74) is 0.0752. The number of carbonyl (C=O) groups excluding carboxylic acids is 2. The van der Waals surface area contributed by atoms with Crippen LogP contribution in [0.15, 0.2) is 5.38 Å². The van der Waals surface area contributed by atoms with Crippen LogP contribution in [0.5, 0.6) is 0 Å². The highest BCUT2D eigenvalue weighted by atomic mass is 32.1. The van der Waals surface area contributed by atoms with Crippen LogP contribution in [0.3, 0.4) is 0 Å². The average molecular weight is 339 g/mol. The number of hydrogen-bond donors (Lipinski definition) is 2. The Balaban J connectivity index is 1.91. The molecule has 1 aromatic rings. The van der Waals surface area contributed by atoms with Gasteiger partial charge in [0.1, 0.15) is 0 Å². The Bertz CT molecular complexity index is 620. The van der Waals surface area contributed by atoms with Crippen molar-refractivity contribution >= 4 is 34.3 Å². The molecule has 0 radical (unpaired) electrons.